The number of rotatable bonds is 4. The summed E-state index contributed by atoms with van der Waals surface area (Å²) in [4.78, 5) is 0. The van der Waals surface area contributed by atoms with E-state index in [1.807, 2.05) is 24.3 Å². The molecule has 2 rings (SSSR count). The minimum absolute atomic E-state index is 0.200. The molecular weight excluding hydrogens is 231 g/mol. The predicted molar refractivity (Wildman–Crippen MR) is 70.6 cm³/mol. The molecule has 0 aliphatic rings. The number of nitrogens with one attached hydrogen (secondary N) is 1. The van der Waals surface area contributed by atoms with Crippen LogP contribution in [0.25, 0.3) is 0 Å². The molecular formula is C14H15FN2O. The molecule has 2 aromatic rings. The Balaban J connectivity index is 2.20. The quantitative estimate of drug-likeness (QED) is 0.871. The van der Waals surface area contributed by atoms with Gasteiger partial charge in [0.05, 0.1) is 7.11 Å². The zero-order chi connectivity index (χ0) is 13.0. The Morgan fingerprint density at radius 3 is 2.61 bits per heavy atom. The van der Waals surface area contributed by atoms with Crippen LogP contribution in [-0.2, 0) is 6.54 Å². The molecule has 0 aromatic heterocycles. The summed E-state index contributed by atoms with van der Waals surface area (Å²) < 4.78 is 18.7. The molecule has 0 amide bonds. The van der Waals surface area contributed by atoms with Crippen LogP contribution in [0.5, 0.6) is 5.75 Å². The van der Waals surface area contributed by atoms with Crippen molar-refractivity contribution in [3.05, 3.63) is 53.8 Å². The molecule has 0 bridgehead atoms. The highest BCUT2D eigenvalue weighted by Crippen LogP contribution is 2.22. The second-order valence-electron chi connectivity index (χ2n) is 3.87. The van der Waals surface area contributed by atoms with Crippen LogP contribution in [0.3, 0.4) is 0 Å². The first-order chi connectivity index (χ1) is 8.72. The lowest BCUT2D eigenvalue weighted by molar-refractivity contribution is 0.415. The van der Waals surface area contributed by atoms with Crippen molar-refractivity contribution in [3.63, 3.8) is 0 Å². The van der Waals surface area contributed by atoms with Gasteiger partial charge in [-0.2, -0.15) is 0 Å². The van der Waals surface area contributed by atoms with Crippen LogP contribution in [0.2, 0.25) is 0 Å². The average Bonchev–Trinajstić information content (AvgIpc) is 2.39. The Hall–Kier alpha value is -2.07. The van der Waals surface area contributed by atoms with Gasteiger partial charge in [0, 0.05) is 29.5 Å². The van der Waals surface area contributed by atoms with Gasteiger partial charge in [-0.15, -0.1) is 0 Å². The molecule has 94 valence electrons. The second kappa shape index (κ2) is 5.51. The number of nitrogens with two attached hydrogens (primary N) is 1. The number of methoxy groups -OCH3 is 1. The molecule has 18 heavy (non-hydrogen) atoms. The predicted octanol–water partition coefficient (Wildman–Crippen LogP) is 3.04. The van der Waals surface area contributed by atoms with Crippen molar-refractivity contribution in [1.82, 2.24) is 0 Å². The van der Waals surface area contributed by atoms with Crippen LogP contribution in [0, 0.1) is 5.82 Å². The Kier molecular flexibility index (Phi) is 3.79. The number of benzene rings is 2. The fraction of sp³-hybridized carbons (Fsp3) is 0.143. The molecule has 4 heteroatoms. The molecule has 0 aliphatic heterocycles. The highest BCUT2D eigenvalue weighted by atomic mass is 19.1. The molecule has 2 aromatic carbocycles. The first-order valence-electron chi connectivity index (χ1n) is 5.62. The highest BCUT2D eigenvalue weighted by molar-refractivity contribution is 5.61. The minimum atomic E-state index is -0.301. The molecule has 0 fully saturated rings. The third kappa shape index (κ3) is 2.78. The number of hydrogen-bond acceptors (Lipinski definition) is 3. The van der Waals surface area contributed by atoms with Crippen molar-refractivity contribution >= 4 is 11.4 Å². The second-order valence-corrected chi connectivity index (χ2v) is 3.87. The molecule has 3 nitrogen and oxygen atoms in total. The fourth-order valence-corrected chi connectivity index (χ4v) is 1.66. The van der Waals surface area contributed by atoms with E-state index in [2.05, 4.69) is 5.32 Å². The number of hydrogen-bond donors (Lipinski definition) is 2. The smallest absolute Gasteiger partial charge is 0.129 e. The van der Waals surface area contributed by atoms with Gasteiger partial charge in [-0.1, -0.05) is 12.1 Å². The van der Waals surface area contributed by atoms with E-state index >= 15 is 0 Å². The standard InChI is InChI=1S/C14H15FN2O/c1-18-13-4-2-3-11(7-13)17-12-6-5-10(9-16)14(15)8-12/h2-8,17H,9,16H2,1H3. The van der Waals surface area contributed by atoms with Gasteiger partial charge in [-0.25, -0.2) is 4.39 Å². The summed E-state index contributed by atoms with van der Waals surface area (Å²) in [6, 6.07) is 12.4. The van der Waals surface area contributed by atoms with Gasteiger partial charge in [0.1, 0.15) is 11.6 Å². The van der Waals surface area contributed by atoms with E-state index in [1.165, 1.54) is 6.07 Å². The molecule has 0 heterocycles. The van der Waals surface area contributed by atoms with Gasteiger partial charge in [-0.3, -0.25) is 0 Å². The Morgan fingerprint density at radius 1 is 1.17 bits per heavy atom. The molecule has 3 N–H and O–H groups in total. The highest BCUT2D eigenvalue weighted by Gasteiger charge is 2.02. The fourth-order valence-electron chi connectivity index (χ4n) is 1.66. The summed E-state index contributed by atoms with van der Waals surface area (Å²) in [5, 5.41) is 3.11. The Morgan fingerprint density at radius 2 is 1.94 bits per heavy atom. The van der Waals surface area contributed by atoms with Gasteiger partial charge in [0.25, 0.3) is 0 Å². The van der Waals surface area contributed by atoms with Crippen molar-refractivity contribution < 1.29 is 9.13 Å². The average molecular weight is 246 g/mol. The summed E-state index contributed by atoms with van der Waals surface area (Å²) in [5.41, 5.74) is 7.44. The summed E-state index contributed by atoms with van der Waals surface area (Å²) in [7, 11) is 1.61. The molecule has 0 saturated heterocycles. The van der Waals surface area contributed by atoms with Gasteiger partial charge >= 0.3 is 0 Å². The largest absolute Gasteiger partial charge is 0.497 e. The third-order valence-corrected chi connectivity index (χ3v) is 2.63. The monoisotopic (exact) mass is 246 g/mol. The zero-order valence-electron chi connectivity index (χ0n) is 10.1. The molecule has 0 spiro atoms. The maximum atomic E-state index is 13.6. The lowest BCUT2D eigenvalue weighted by Gasteiger charge is -2.09. The van der Waals surface area contributed by atoms with Gasteiger partial charge in [-0.05, 0) is 24.3 Å². The number of halogens is 1. The van der Waals surface area contributed by atoms with Crippen LogP contribution >= 0.6 is 0 Å². The number of anilines is 2. The van der Waals surface area contributed by atoms with Crippen LogP contribution in [0.4, 0.5) is 15.8 Å². The van der Waals surface area contributed by atoms with E-state index in [1.54, 1.807) is 19.2 Å². The van der Waals surface area contributed by atoms with Gasteiger partial charge in [0.2, 0.25) is 0 Å². The molecule has 0 atom stereocenters. The normalized spacial score (nSPS) is 10.2. The van der Waals surface area contributed by atoms with E-state index < -0.39 is 0 Å². The van der Waals surface area contributed by atoms with Crippen molar-refractivity contribution in [1.29, 1.82) is 0 Å². The molecule has 0 saturated carbocycles. The maximum absolute atomic E-state index is 13.6. The summed E-state index contributed by atoms with van der Waals surface area (Å²) in [6.45, 7) is 0.200. The summed E-state index contributed by atoms with van der Waals surface area (Å²) in [5.74, 6) is 0.449. The van der Waals surface area contributed by atoms with E-state index in [0.717, 1.165) is 11.4 Å². The zero-order valence-corrected chi connectivity index (χ0v) is 10.1. The van der Waals surface area contributed by atoms with Crippen LogP contribution in [0.15, 0.2) is 42.5 Å². The van der Waals surface area contributed by atoms with Crippen molar-refractivity contribution in [3.8, 4) is 5.75 Å². The van der Waals surface area contributed by atoms with E-state index in [0.29, 0.717) is 11.3 Å². The van der Waals surface area contributed by atoms with E-state index in [-0.39, 0.29) is 12.4 Å². The van der Waals surface area contributed by atoms with E-state index in [9.17, 15) is 4.39 Å². The van der Waals surface area contributed by atoms with Gasteiger partial charge < -0.3 is 15.8 Å². The maximum Gasteiger partial charge on any atom is 0.129 e. The summed E-state index contributed by atoms with van der Waals surface area (Å²) >= 11 is 0. The topological polar surface area (TPSA) is 47.3 Å². The lowest BCUT2D eigenvalue weighted by Crippen LogP contribution is -2.00. The SMILES string of the molecule is COc1cccc(Nc2ccc(CN)c(F)c2)c1. The van der Waals surface area contributed by atoms with Crippen molar-refractivity contribution in [2.24, 2.45) is 5.73 Å². The van der Waals surface area contributed by atoms with Crippen LogP contribution < -0.4 is 15.8 Å². The summed E-state index contributed by atoms with van der Waals surface area (Å²) in [6.07, 6.45) is 0. The van der Waals surface area contributed by atoms with Gasteiger partial charge in [0.15, 0.2) is 0 Å². The molecule has 0 aliphatic carbocycles. The Labute approximate surface area is 105 Å². The first kappa shape index (κ1) is 12.4. The van der Waals surface area contributed by atoms with E-state index in [4.69, 9.17) is 10.5 Å². The number of ether oxygens (including phenoxy) is 1. The Bertz CT molecular complexity index is 543. The van der Waals surface area contributed by atoms with Crippen molar-refractivity contribution in [2.45, 2.75) is 6.54 Å². The molecule has 0 radical (unpaired) electrons. The van der Waals surface area contributed by atoms with Crippen LogP contribution in [-0.4, -0.2) is 7.11 Å². The van der Waals surface area contributed by atoms with Crippen LogP contribution in [0.1, 0.15) is 5.56 Å². The minimum Gasteiger partial charge on any atom is -0.497 e. The third-order valence-electron chi connectivity index (χ3n) is 2.63. The van der Waals surface area contributed by atoms with Crippen molar-refractivity contribution in [2.75, 3.05) is 12.4 Å². The lowest BCUT2D eigenvalue weighted by atomic mass is 10.2. The molecule has 0 unspecified atom stereocenters. The first-order valence-corrected chi connectivity index (χ1v) is 5.62.